The molecule has 0 bridgehead atoms. The molecule has 174 valence electrons. The van der Waals surface area contributed by atoms with Crippen LogP contribution in [0.3, 0.4) is 0 Å². The summed E-state index contributed by atoms with van der Waals surface area (Å²) in [7, 11) is -2.37. The van der Waals surface area contributed by atoms with Gasteiger partial charge in [0, 0.05) is 51.4 Å². The number of amides is 2. The van der Waals surface area contributed by atoms with Crippen LogP contribution in [-0.4, -0.2) is 93.8 Å². The normalized spacial score (nSPS) is 15.2. The molecule has 0 aromatic heterocycles. The minimum absolute atomic E-state index is 0.00391. The Morgan fingerprint density at radius 3 is 2.29 bits per heavy atom. The molecule has 1 aliphatic rings. The van der Waals surface area contributed by atoms with Crippen molar-refractivity contribution < 1.29 is 22.7 Å². The van der Waals surface area contributed by atoms with Crippen molar-refractivity contribution in [3.8, 4) is 5.75 Å². The lowest BCUT2D eigenvalue weighted by atomic mass is 10.1. The van der Waals surface area contributed by atoms with Crippen LogP contribution in [0.15, 0.2) is 23.1 Å². The van der Waals surface area contributed by atoms with Gasteiger partial charge in [-0.3, -0.25) is 14.5 Å². The molecule has 1 saturated heterocycles. The molecule has 1 aromatic rings. The molecular weight excluding hydrogens is 420 g/mol. The molecule has 1 aromatic carbocycles. The number of piperazine rings is 1. The molecule has 2 rings (SSSR count). The molecule has 10 heteroatoms. The van der Waals surface area contributed by atoms with E-state index in [0.29, 0.717) is 57.9 Å². The molecule has 1 aliphatic heterocycles. The van der Waals surface area contributed by atoms with E-state index in [9.17, 15) is 18.0 Å². The van der Waals surface area contributed by atoms with Crippen molar-refractivity contribution in [1.29, 1.82) is 0 Å². The van der Waals surface area contributed by atoms with Gasteiger partial charge in [-0.1, -0.05) is 20.8 Å². The first-order chi connectivity index (χ1) is 14.8. The highest BCUT2D eigenvalue weighted by atomic mass is 32.2. The molecule has 9 nitrogen and oxygen atoms in total. The summed E-state index contributed by atoms with van der Waals surface area (Å²) in [6.07, 6.45) is 0.891. The molecule has 31 heavy (non-hydrogen) atoms. The summed E-state index contributed by atoms with van der Waals surface area (Å²) in [6, 6.07) is 4.52. The number of nitrogens with zero attached hydrogens (tertiary/aromatic N) is 3. The number of ether oxygens (including phenoxy) is 1. The Balaban J connectivity index is 2.12. The summed E-state index contributed by atoms with van der Waals surface area (Å²) in [5.41, 5.74) is 0.306. The largest absolute Gasteiger partial charge is 0.495 e. The second kappa shape index (κ2) is 11.4. The number of rotatable bonds is 10. The fourth-order valence-corrected chi connectivity index (χ4v) is 5.17. The number of carbonyl (C=O) groups is 2. The van der Waals surface area contributed by atoms with Crippen LogP contribution in [0.2, 0.25) is 0 Å². The van der Waals surface area contributed by atoms with Crippen LogP contribution in [0.25, 0.3) is 0 Å². The number of hydrogen-bond acceptors (Lipinski definition) is 6. The van der Waals surface area contributed by atoms with Crippen LogP contribution in [0, 0.1) is 0 Å². The third-order valence-corrected chi connectivity index (χ3v) is 7.40. The second-order valence-corrected chi connectivity index (χ2v) is 9.28. The Morgan fingerprint density at radius 1 is 1.10 bits per heavy atom. The number of benzene rings is 1. The summed E-state index contributed by atoms with van der Waals surface area (Å²) in [4.78, 5) is 28.6. The molecule has 0 unspecified atom stereocenters. The van der Waals surface area contributed by atoms with Crippen LogP contribution in [0.1, 0.15) is 37.6 Å². The molecule has 1 N–H and O–H groups in total. The molecule has 0 atom stereocenters. The predicted molar refractivity (Wildman–Crippen MR) is 119 cm³/mol. The van der Waals surface area contributed by atoms with Crippen molar-refractivity contribution in [2.75, 3.05) is 59.5 Å². The lowest BCUT2D eigenvalue weighted by Crippen LogP contribution is -2.51. The Hall–Kier alpha value is -2.17. The average molecular weight is 455 g/mol. The van der Waals surface area contributed by atoms with E-state index in [0.717, 1.165) is 6.42 Å². The number of hydrogen-bond donors (Lipinski definition) is 1. The number of carbonyl (C=O) groups excluding carboxylic acids is 2. The van der Waals surface area contributed by atoms with E-state index in [4.69, 9.17) is 4.74 Å². The highest BCUT2D eigenvalue weighted by Crippen LogP contribution is 2.28. The molecule has 1 heterocycles. The van der Waals surface area contributed by atoms with Gasteiger partial charge in [-0.15, -0.1) is 0 Å². The quantitative estimate of drug-likeness (QED) is 0.567. The predicted octanol–water partition coefficient (Wildman–Crippen LogP) is 1.01. The van der Waals surface area contributed by atoms with Crippen molar-refractivity contribution in [1.82, 2.24) is 19.4 Å². The van der Waals surface area contributed by atoms with Gasteiger partial charge >= 0.3 is 0 Å². The second-order valence-electron chi connectivity index (χ2n) is 7.37. The fraction of sp³-hybridized carbons (Fsp3) is 0.619. The standard InChI is InChI=1S/C21H34N4O5S/c1-5-10-22-20(26)16-23-11-13-24(14-12-23)21(27)17-8-9-18(30-4)19(15-17)31(28,29)25(6-2)7-3/h8-9,15H,5-7,10-14,16H2,1-4H3,(H,22,26). The number of nitrogens with one attached hydrogen (secondary N) is 1. The molecule has 0 saturated carbocycles. The van der Waals surface area contributed by atoms with E-state index >= 15 is 0 Å². The maximum atomic E-state index is 13.0. The Bertz CT molecular complexity index is 863. The molecular formula is C21H34N4O5S. The van der Waals surface area contributed by atoms with E-state index in [1.165, 1.54) is 23.5 Å². The van der Waals surface area contributed by atoms with E-state index in [1.807, 2.05) is 11.8 Å². The number of methoxy groups -OCH3 is 1. The first-order valence-electron chi connectivity index (χ1n) is 10.7. The van der Waals surface area contributed by atoms with Crippen LogP contribution < -0.4 is 10.1 Å². The summed E-state index contributed by atoms with van der Waals surface area (Å²) < 4.78 is 32.6. The molecule has 0 spiro atoms. The highest BCUT2D eigenvalue weighted by molar-refractivity contribution is 7.89. The van der Waals surface area contributed by atoms with Crippen molar-refractivity contribution in [3.05, 3.63) is 23.8 Å². The van der Waals surface area contributed by atoms with Gasteiger partial charge in [0.2, 0.25) is 15.9 Å². The van der Waals surface area contributed by atoms with Gasteiger partial charge in [-0.2, -0.15) is 4.31 Å². The van der Waals surface area contributed by atoms with Crippen molar-refractivity contribution in [2.24, 2.45) is 0 Å². The monoisotopic (exact) mass is 454 g/mol. The molecule has 2 amide bonds. The van der Waals surface area contributed by atoms with Gasteiger partial charge in [0.05, 0.1) is 13.7 Å². The minimum Gasteiger partial charge on any atom is -0.495 e. The van der Waals surface area contributed by atoms with Gasteiger partial charge in [0.25, 0.3) is 5.91 Å². The highest BCUT2D eigenvalue weighted by Gasteiger charge is 2.29. The molecule has 1 fully saturated rings. The Labute approximate surface area is 185 Å². The van der Waals surface area contributed by atoms with Crippen LogP contribution in [-0.2, 0) is 14.8 Å². The zero-order chi connectivity index (χ0) is 23.0. The van der Waals surface area contributed by atoms with Crippen LogP contribution in [0.5, 0.6) is 5.75 Å². The average Bonchev–Trinajstić information content (AvgIpc) is 2.78. The minimum atomic E-state index is -3.78. The van der Waals surface area contributed by atoms with E-state index < -0.39 is 10.0 Å². The summed E-state index contributed by atoms with van der Waals surface area (Å²) in [5, 5.41) is 2.86. The first kappa shape index (κ1) is 25.1. The first-order valence-corrected chi connectivity index (χ1v) is 12.2. The SMILES string of the molecule is CCCNC(=O)CN1CCN(C(=O)c2ccc(OC)c(S(=O)(=O)N(CC)CC)c2)CC1. The van der Waals surface area contributed by atoms with E-state index in [2.05, 4.69) is 5.32 Å². The lowest BCUT2D eigenvalue weighted by Gasteiger charge is -2.34. The summed E-state index contributed by atoms with van der Waals surface area (Å²) in [6.45, 7) is 9.30. The topological polar surface area (TPSA) is 99.3 Å². The zero-order valence-electron chi connectivity index (χ0n) is 18.9. The van der Waals surface area contributed by atoms with E-state index in [1.54, 1.807) is 24.8 Å². The van der Waals surface area contributed by atoms with Gasteiger partial charge in [0.15, 0.2) is 0 Å². The van der Waals surface area contributed by atoms with Crippen LogP contribution in [0.4, 0.5) is 0 Å². The fourth-order valence-electron chi connectivity index (χ4n) is 3.53. The van der Waals surface area contributed by atoms with Crippen LogP contribution >= 0.6 is 0 Å². The maximum Gasteiger partial charge on any atom is 0.253 e. The third-order valence-electron chi connectivity index (χ3n) is 5.33. The Morgan fingerprint density at radius 2 is 1.74 bits per heavy atom. The van der Waals surface area contributed by atoms with E-state index in [-0.39, 0.29) is 22.5 Å². The van der Waals surface area contributed by atoms with Gasteiger partial charge in [-0.05, 0) is 24.6 Å². The summed E-state index contributed by atoms with van der Waals surface area (Å²) in [5.74, 6) is -0.0249. The van der Waals surface area contributed by atoms with Crippen molar-refractivity contribution >= 4 is 21.8 Å². The number of sulfonamides is 1. The van der Waals surface area contributed by atoms with Gasteiger partial charge < -0.3 is 15.0 Å². The molecule has 0 radical (unpaired) electrons. The smallest absolute Gasteiger partial charge is 0.253 e. The lowest BCUT2D eigenvalue weighted by molar-refractivity contribution is -0.122. The zero-order valence-corrected chi connectivity index (χ0v) is 19.7. The molecule has 0 aliphatic carbocycles. The third kappa shape index (κ3) is 6.18. The maximum absolute atomic E-state index is 13.0. The Kier molecular flexibility index (Phi) is 9.27. The van der Waals surface area contributed by atoms with Gasteiger partial charge in [-0.25, -0.2) is 8.42 Å². The van der Waals surface area contributed by atoms with Crippen molar-refractivity contribution in [3.63, 3.8) is 0 Å². The van der Waals surface area contributed by atoms with Crippen molar-refractivity contribution in [2.45, 2.75) is 32.1 Å². The summed E-state index contributed by atoms with van der Waals surface area (Å²) >= 11 is 0. The van der Waals surface area contributed by atoms with Gasteiger partial charge in [0.1, 0.15) is 10.6 Å².